The maximum atomic E-state index is 13.2. The van der Waals surface area contributed by atoms with E-state index >= 15 is 0 Å². The lowest BCUT2D eigenvalue weighted by atomic mass is 10.1. The maximum absolute atomic E-state index is 13.2. The first-order valence-corrected chi connectivity index (χ1v) is 5.63. The third-order valence-electron chi connectivity index (χ3n) is 2.56. The fourth-order valence-electron chi connectivity index (χ4n) is 1.73. The monoisotopic (exact) mass is 250 g/mol. The van der Waals surface area contributed by atoms with E-state index in [4.69, 9.17) is 0 Å². The molecular weight excluding hydrogens is 238 g/mol. The van der Waals surface area contributed by atoms with Gasteiger partial charge in [0.05, 0.1) is 5.56 Å². The summed E-state index contributed by atoms with van der Waals surface area (Å²) in [7, 11) is 0. The number of hydrogen-bond acceptors (Lipinski definition) is 2. The first-order valence-electron chi connectivity index (χ1n) is 5.63. The van der Waals surface area contributed by atoms with Gasteiger partial charge in [0.1, 0.15) is 5.69 Å². The highest BCUT2D eigenvalue weighted by atomic mass is 19.2. The van der Waals surface area contributed by atoms with Gasteiger partial charge in [0.2, 0.25) is 0 Å². The SMILES string of the molecule is CCCn1cc(C=O)c(-c2ccc(F)c(F)c2)n1. The molecule has 0 aliphatic carbocycles. The van der Waals surface area contributed by atoms with E-state index in [0.29, 0.717) is 29.7 Å². The van der Waals surface area contributed by atoms with Crippen molar-refractivity contribution in [1.82, 2.24) is 9.78 Å². The summed E-state index contributed by atoms with van der Waals surface area (Å²) in [6.45, 7) is 2.66. The van der Waals surface area contributed by atoms with Crippen LogP contribution in [0.4, 0.5) is 8.78 Å². The van der Waals surface area contributed by atoms with Crippen molar-refractivity contribution in [3.05, 3.63) is 41.6 Å². The summed E-state index contributed by atoms with van der Waals surface area (Å²) in [5, 5.41) is 4.21. The number of nitrogens with zero attached hydrogens (tertiary/aromatic N) is 2. The minimum atomic E-state index is -0.950. The van der Waals surface area contributed by atoms with Gasteiger partial charge in [0, 0.05) is 18.3 Å². The molecule has 0 aliphatic heterocycles. The van der Waals surface area contributed by atoms with Gasteiger partial charge in [0.25, 0.3) is 0 Å². The number of hydrogen-bond donors (Lipinski definition) is 0. The van der Waals surface area contributed by atoms with Crippen molar-refractivity contribution < 1.29 is 13.6 Å². The Kier molecular flexibility index (Phi) is 3.50. The quantitative estimate of drug-likeness (QED) is 0.782. The Morgan fingerprint density at radius 1 is 1.33 bits per heavy atom. The predicted molar refractivity (Wildman–Crippen MR) is 63.3 cm³/mol. The Bertz CT molecular complexity index is 578. The molecule has 1 heterocycles. The van der Waals surface area contributed by atoms with Crippen LogP contribution < -0.4 is 0 Å². The van der Waals surface area contributed by atoms with Crippen molar-refractivity contribution >= 4 is 6.29 Å². The highest BCUT2D eigenvalue weighted by Gasteiger charge is 2.12. The van der Waals surface area contributed by atoms with Crippen LogP contribution in [0.15, 0.2) is 24.4 Å². The molecule has 2 aromatic rings. The molecule has 0 saturated carbocycles. The van der Waals surface area contributed by atoms with Crippen LogP contribution in [0, 0.1) is 11.6 Å². The summed E-state index contributed by atoms with van der Waals surface area (Å²) >= 11 is 0. The first-order chi connectivity index (χ1) is 8.65. The van der Waals surface area contributed by atoms with Gasteiger partial charge in [-0.1, -0.05) is 6.92 Å². The van der Waals surface area contributed by atoms with Crippen molar-refractivity contribution in [2.45, 2.75) is 19.9 Å². The molecule has 5 heteroatoms. The average molecular weight is 250 g/mol. The van der Waals surface area contributed by atoms with Crippen LogP contribution in [-0.2, 0) is 6.54 Å². The van der Waals surface area contributed by atoms with Gasteiger partial charge in [-0.3, -0.25) is 9.48 Å². The van der Waals surface area contributed by atoms with Crippen LogP contribution in [0.2, 0.25) is 0 Å². The summed E-state index contributed by atoms with van der Waals surface area (Å²) < 4.78 is 27.6. The standard InChI is InChI=1S/C13H12F2N2O/c1-2-5-17-7-10(8-18)13(16-17)9-3-4-11(14)12(15)6-9/h3-4,6-8H,2,5H2,1H3. The zero-order valence-electron chi connectivity index (χ0n) is 9.86. The molecule has 0 saturated heterocycles. The number of aromatic nitrogens is 2. The summed E-state index contributed by atoms with van der Waals surface area (Å²) in [5.74, 6) is -1.87. The van der Waals surface area contributed by atoms with Crippen molar-refractivity contribution in [3.63, 3.8) is 0 Å². The van der Waals surface area contributed by atoms with Gasteiger partial charge in [0.15, 0.2) is 17.9 Å². The Morgan fingerprint density at radius 2 is 2.11 bits per heavy atom. The molecule has 0 bridgehead atoms. The van der Waals surface area contributed by atoms with Gasteiger partial charge in [-0.2, -0.15) is 5.10 Å². The second-order valence-corrected chi connectivity index (χ2v) is 3.94. The molecule has 94 valence electrons. The molecule has 0 aliphatic rings. The summed E-state index contributed by atoms with van der Waals surface area (Å²) in [6.07, 6.45) is 3.14. The number of aryl methyl sites for hydroxylation is 1. The van der Waals surface area contributed by atoms with Gasteiger partial charge < -0.3 is 0 Å². The number of halogens is 2. The molecule has 0 atom stereocenters. The van der Waals surface area contributed by atoms with E-state index in [1.165, 1.54) is 6.07 Å². The van der Waals surface area contributed by atoms with Crippen LogP contribution in [0.25, 0.3) is 11.3 Å². The van der Waals surface area contributed by atoms with E-state index in [9.17, 15) is 13.6 Å². The van der Waals surface area contributed by atoms with Gasteiger partial charge in [-0.15, -0.1) is 0 Å². The fraction of sp³-hybridized carbons (Fsp3) is 0.231. The second kappa shape index (κ2) is 5.08. The predicted octanol–water partition coefficient (Wildman–Crippen LogP) is 3.05. The van der Waals surface area contributed by atoms with Gasteiger partial charge in [-0.25, -0.2) is 8.78 Å². The van der Waals surface area contributed by atoms with E-state index in [-0.39, 0.29) is 0 Å². The zero-order chi connectivity index (χ0) is 13.1. The molecule has 18 heavy (non-hydrogen) atoms. The summed E-state index contributed by atoms with van der Waals surface area (Å²) in [5.41, 5.74) is 1.14. The van der Waals surface area contributed by atoms with Crippen LogP contribution >= 0.6 is 0 Å². The van der Waals surface area contributed by atoms with Crippen molar-refractivity contribution in [3.8, 4) is 11.3 Å². The summed E-state index contributed by atoms with van der Waals surface area (Å²) in [4.78, 5) is 10.9. The molecular formula is C13H12F2N2O. The fourth-order valence-corrected chi connectivity index (χ4v) is 1.73. The molecule has 2 rings (SSSR count). The number of aldehydes is 1. The first kappa shape index (κ1) is 12.4. The number of carbonyl (C=O) groups excluding carboxylic acids is 1. The Balaban J connectivity index is 2.48. The van der Waals surface area contributed by atoms with Crippen LogP contribution in [0.5, 0.6) is 0 Å². The minimum absolute atomic E-state index is 0.370. The smallest absolute Gasteiger partial charge is 0.159 e. The highest BCUT2D eigenvalue weighted by Crippen LogP contribution is 2.23. The average Bonchev–Trinajstić information content (AvgIpc) is 2.76. The lowest BCUT2D eigenvalue weighted by molar-refractivity contribution is 0.112. The van der Waals surface area contributed by atoms with Crippen molar-refractivity contribution in [2.75, 3.05) is 0 Å². The van der Waals surface area contributed by atoms with Crippen LogP contribution in [0.1, 0.15) is 23.7 Å². The Hall–Kier alpha value is -2.04. The number of benzene rings is 1. The van der Waals surface area contributed by atoms with Gasteiger partial charge >= 0.3 is 0 Å². The second-order valence-electron chi connectivity index (χ2n) is 3.94. The third kappa shape index (κ3) is 2.30. The van der Waals surface area contributed by atoms with E-state index in [0.717, 1.165) is 18.6 Å². The van der Waals surface area contributed by atoms with Crippen LogP contribution in [0.3, 0.4) is 0 Å². The van der Waals surface area contributed by atoms with Crippen molar-refractivity contribution in [2.24, 2.45) is 0 Å². The molecule has 1 aromatic heterocycles. The van der Waals surface area contributed by atoms with Crippen LogP contribution in [-0.4, -0.2) is 16.1 Å². The molecule has 0 N–H and O–H groups in total. The molecule has 0 fully saturated rings. The largest absolute Gasteiger partial charge is 0.298 e. The normalized spacial score (nSPS) is 10.6. The third-order valence-corrected chi connectivity index (χ3v) is 2.56. The molecule has 3 nitrogen and oxygen atoms in total. The van der Waals surface area contributed by atoms with Crippen molar-refractivity contribution in [1.29, 1.82) is 0 Å². The van der Waals surface area contributed by atoms with Gasteiger partial charge in [-0.05, 0) is 24.6 Å². The highest BCUT2D eigenvalue weighted by molar-refractivity contribution is 5.85. The number of carbonyl (C=O) groups is 1. The number of rotatable bonds is 4. The Labute approximate surface area is 103 Å². The molecule has 1 aromatic carbocycles. The maximum Gasteiger partial charge on any atom is 0.159 e. The topological polar surface area (TPSA) is 34.9 Å². The molecule has 0 radical (unpaired) electrons. The van der Waals surface area contributed by atoms with E-state index < -0.39 is 11.6 Å². The molecule has 0 amide bonds. The Morgan fingerprint density at radius 3 is 2.72 bits per heavy atom. The lowest BCUT2D eigenvalue weighted by Gasteiger charge is -1.99. The summed E-state index contributed by atoms with van der Waals surface area (Å²) in [6, 6.07) is 3.48. The molecule has 0 spiro atoms. The van der Waals surface area contributed by atoms with E-state index in [1.54, 1.807) is 10.9 Å². The molecule has 0 unspecified atom stereocenters. The van der Waals surface area contributed by atoms with E-state index in [1.807, 2.05) is 6.92 Å². The van der Waals surface area contributed by atoms with E-state index in [2.05, 4.69) is 5.10 Å². The zero-order valence-corrected chi connectivity index (χ0v) is 9.86. The lowest BCUT2D eigenvalue weighted by Crippen LogP contribution is -1.97. The minimum Gasteiger partial charge on any atom is -0.298 e.